The number of nitrogen functional groups attached to an aromatic ring is 1. The summed E-state index contributed by atoms with van der Waals surface area (Å²) in [6.45, 7) is 0.406. The molecule has 102 valence electrons. The van der Waals surface area contributed by atoms with Gasteiger partial charge >= 0.3 is 0 Å². The topological polar surface area (TPSA) is 73.1 Å². The first-order valence-corrected chi connectivity index (χ1v) is 7.11. The van der Waals surface area contributed by atoms with Gasteiger partial charge in [-0.25, -0.2) is 10.8 Å². The van der Waals surface area contributed by atoms with Gasteiger partial charge in [0.1, 0.15) is 11.4 Å². The summed E-state index contributed by atoms with van der Waals surface area (Å²) >= 11 is 7.36. The van der Waals surface area contributed by atoms with E-state index in [1.165, 1.54) is 11.3 Å². The van der Waals surface area contributed by atoms with Crippen LogP contribution < -0.4 is 16.0 Å². The van der Waals surface area contributed by atoms with Crippen molar-refractivity contribution in [2.45, 2.75) is 6.61 Å². The molecule has 3 rings (SSSR count). The van der Waals surface area contributed by atoms with Crippen LogP contribution in [0.5, 0.6) is 5.88 Å². The molecule has 0 atom stereocenters. The van der Waals surface area contributed by atoms with Crippen molar-refractivity contribution in [1.29, 1.82) is 0 Å². The fourth-order valence-electron chi connectivity index (χ4n) is 1.74. The number of anilines is 1. The van der Waals surface area contributed by atoms with Crippen LogP contribution in [0.2, 0.25) is 5.02 Å². The Morgan fingerprint density at radius 3 is 2.75 bits per heavy atom. The van der Waals surface area contributed by atoms with Crippen molar-refractivity contribution in [1.82, 2.24) is 9.97 Å². The van der Waals surface area contributed by atoms with Crippen LogP contribution >= 0.6 is 22.9 Å². The Morgan fingerprint density at radius 1 is 1.20 bits per heavy atom. The maximum atomic E-state index is 5.85. The Bertz CT molecular complexity index is 729. The average Bonchev–Trinajstić information content (AvgIpc) is 2.94. The highest BCUT2D eigenvalue weighted by Gasteiger charge is 2.09. The number of nitrogens with zero attached hydrogens (tertiary/aromatic N) is 2. The average molecular weight is 307 g/mol. The van der Waals surface area contributed by atoms with Gasteiger partial charge in [0.05, 0.1) is 5.39 Å². The molecular formula is C13H11ClN4OS. The lowest BCUT2D eigenvalue weighted by molar-refractivity contribution is 0.298. The number of rotatable bonds is 4. The second kappa shape index (κ2) is 5.62. The Hall–Kier alpha value is -1.89. The minimum absolute atomic E-state index is 0.339. The molecule has 5 nitrogen and oxygen atoms in total. The molecular weight excluding hydrogens is 296 g/mol. The Morgan fingerprint density at radius 2 is 2.00 bits per heavy atom. The first-order valence-electron chi connectivity index (χ1n) is 5.85. The zero-order valence-electron chi connectivity index (χ0n) is 10.3. The van der Waals surface area contributed by atoms with Crippen molar-refractivity contribution in [2.75, 3.05) is 5.43 Å². The molecule has 0 radical (unpaired) electrons. The summed E-state index contributed by atoms with van der Waals surface area (Å²) in [6.07, 6.45) is 0. The van der Waals surface area contributed by atoms with Crippen LogP contribution in [0.3, 0.4) is 0 Å². The predicted molar refractivity (Wildman–Crippen MR) is 81.0 cm³/mol. The number of ether oxygens (including phenoxy) is 1. The van der Waals surface area contributed by atoms with Crippen LogP contribution in [0.15, 0.2) is 35.7 Å². The monoisotopic (exact) mass is 306 g/mol. The lowest BCUT2D eigenvalue weighted by Crippen LogP contribution is -2.11. The molecule has 20 heavy (non-hydrogen) atoms. The highest BCUT2D eigenvalue weighted by atomic mass is 35.5. The van der Waals surface area contributed by atoms with Gasteiger partial charge in [-0.3, -0.25) is 5.43 Å². The third kappa shape index (κ3) is 2.67. The molecule has 0 bridgehead atoms. The number of thiophene rings is 1. The summed E-state index contributed by atoms with van der Waals surface area (Å²) in [4.78, 5) is 9.32. The lowest BCUT2D eigenvalue weighted by atomic mass is 10.2. The summed E-state index contributed by atoms with van der Waals surface area (Å²) in [5, 5.41) is 3.52. The number of nitrogens with two attached hydrogens (primary N) is 1. The highest BCUT2D eigenvalue weighted by molar-refractivity contribution is 7.16. The first-order chi connectivity index (χ1) is 9.76. The minimum Gasteiger partial charge on any atom is -0.472 e. The Kier molecular flexibility index (Phi) is 3.68. The van der Waals surface area contributed by atoms with Crippen molar-refractivity contribution < 1.29 is 4.74 Å². The van der Waals surface area contributed by atoms with Crippen molar-refractivity contribution >= 4 is 39.1 Å². The molecule has 2 heterocycles. The number of benzene rings is 1. The van der Waals surface area contributed by atoms with E-state index >= 15 is 0 Å². The maximum Gasteiger partial charge on any atom is 0.241 e. The predicted octanol–water partition coefficient (Wildman–Crippen LogP) is 3.21. The standard InChI is InChI=1S/C13H11ClN4OS/c14-9-3-1-8(2-4-9)7-19-11-10-5-6-20-12(10)17-13(16-11)18-15/h1-6H,7,15H2,(H,16,17,18). The summed E-state index contributed by atoms with van der Waals surface area (Å²) in [5.41, 5.74) is 3.45. The summed E-state index contributed by atoms with van der Waals surface area (Å²) in [5.74, 6) is 6.21. The van der Waals surface area contributed by atoms with E-state index < -0.39 is 0 Å². The maximum absolute atomic E-state index is 5.85. The normalized spacial score (nSPS) is 10.7. The van der Waals surface area contributed by atoms with E-state index in [9.17, 15) is 0 Å². The van der Waals surface area contributed by atoms with E-state index in [4.69, 9.17) is 22.2 Å². The van der Waals surface area contributed by atoms with Crippen LogP contribution in [0.25, 0.3) is 10.2 Å². The van der Waals surface area contributed by atoms with Gasteiger partial charge in [-0.1, -0.05) is 23.7 Å². The van der Waals surface area contributed by atoms with Crippen LogP contribution in [-0.4, -0.2) is 9.97 Å². The van der Waals surface area contributed by atoms with Crippen molar-refractivity contribution in [3.63, 3.8) is 0 Å². The number of aromatic nitrogens is 2. The van der Waals surface area contributed by atoms with Crippen molar-refractivity contribution in [3.8, 4) is 5.88 Å². The van der Waals surface area contributed by atoms with Gasteiger partial charge in [0.25, 0.3) is 0 Å². The second-order valence-electron chi connectivity index (χ2n) is 4.05. The molecule has 0 aliphatic heterocycles. The molecule has 0 unspecified atom stereocenters. The molecule has 0 fully saturated rings. The molecule has 0 saturated carbocycles. The van der Waals surface area contributed by atoms with Crippen LogP contribution in [0.1, 0.15) is 5.56 Å². The van der Waals surface area contributed by atoms with Gasteiger partial charge in [-0.05, 0) is 29.1 Å². The van der Waals surface area contributed by atoms with Gasteiger partial charge in [0.15, 0.2) is 0 Å². The Labute approximate surface area is 124 Å². The molecule has 3 N–H and O–H groups in total. The van der Waals surface area contributed by atoms with E-state index in [-0.39, 0.29) is 0 Å². The lowest BCUT2D eigenvalue weighted by Gasteiger charge is -2.08. The second-order valence-corrected chi connectivity index (χ2v) is 5.38. The summed E-state index contributed by atoms with van der Waals surface area (Å²) in [6, 6.07) is 9.41. The smallest absolute Gasteiger partial charge is 0.241 e. The largest absolute Gasteiger partial charge is 0.472 e. The molecule has 1 aromatic carbocycles. The van der Waals surface area contributed by atoms with Crippen molar-refractivity contribution in [3.05, 3.63) is 46.3 Å². The van der Waals surface area contributed by atoms with Gasteiger partial charge in [0.2, 0.25) is 11.8 Å². The highest BCUT2D eigenvalue weighted by Crippen LogP contribution is 2.28. The molecule has 2 aromatic heterocycles. The zero-order valence-corrected chi connectivity index (χ0v) is 11.9. The molecule has 0 spiro atoms. The quantitative estimate of drug-likeness (QED) is 0.572. The number of fused-ring (bicyclic) bond motifs is 1. The minimum atomic E-state index is 0.339. The number of hydrogen-bond donors (Lipinski definition) is 2. The molecule has 0 aliphatic rings. The molecule has 0 saturated heterocycles. The van der Waals surface area contributed by atoms with Gasteiger partial charge in [-0.15, -0.1) is 11.3 Å². The van der Waals surface area contributed by atoms with Crippen LogP contribution in [0.4, 0.5) is 5.95 Å². The third-order valence-corrected chi connectivity index (χ3v) is 3.77. The van der Waals surface area contributed by atoms with E-state index in [0.29, 0.717) is 23.5 Å². The summed E-state index contributed by atoms with van der Waals surface area (Å²) in [7, 11) is 0. The number of hydrogen-bond acceptors (Lipinski definition) is 6. The molecule has 0 amide bonds. The van der Waals surface area contributed by atoms with Crippen LogP contribution in [-0.2, 0) is 6.61 Å². The van der Waals surface area contributed by atoms with Crippen LogP contribution in [0, 0.1) is 0 Å². The first kappa shape index (κ1) is 13.1. The Balaban J connectivity index is 1.86. The van der Waals surface area contributed by atoms with Gasteiger partial charge in [-0.2, -0.15) is 4.98 Å². The molecule has 7 heteroatoms. The fraction of sp³-hybridized carbons (Fsp3) is 0.0769. The van der Waals surface area contributed by atoms with Crippen molar-refractivity contribution in [2.24, 2.45) is 5.84 Å². The van der Waals surface area contributed by atoms with E-state index in [2.05, 4.69) is 15.4 Å². The molecule has 3 aromatic rings. The van der Waals surface area contributed by atoms with E-state index in [0.717, 1.165) is 15.8 Å². The number of halogens is 1. The fourth-order valence-corrected chi connectivity index (χ4v) is 2.62. The third-order valence-electron chi connectivity index (χ3n) is 2.71. The number of hydrazine groups is 1. The van der Waals surface area contributed by atoms with E-state index in [1.807, 2.05) is 35.7 Å². The molecule has 0 aliphatic carbocycles. The zero-order chi connectivity index (χ0) is 13.9. The van der Waals surface area contributed by atoms with Gasteiger partial charge < -0.3 is 4.74 Å². The SMILES string of the molecule is NNc1nc(OCc2ccc(Cl)cc2)c2ccsc2n1. The summed E-state index contributed by atoms with van der Waals surface area (Å²) < 4.78 is 5.76. The number of nitrogens with one attached hydrogen (secondary N) is 1. The van der Waals surface area contributed by atoms with E-state index in [1.54, 1.807) is 0 Å². The van der Waals surface area contributed by atoms with Gasteiger partial charge in [0, 0.05) is 5.02 Å².